The molecule has 0 amide bonds. The van der Waals surface area contributed by atoms with Crippen LogP contribution in [0.3, 0.4) is 0 Å². The van der Waals surface area contributed by atoms with Crippen LogP contribution >= 0.6 is 0 Å². The van der Waals surface area contributed by atoms with Crippen LogP contribution in [0.25, 0.3) is 59.4 Å². The van der Waals surface area contributed by atoms with Crippen molar-refractivity contribution in [3.63, 3.8) is 0 Å². The highest BCUT2D eigenvalue weighted by Crippen LogP contribution is 2.45. The molecule has 0 radical (unpaired) electrons. The Morgan fingerprint density at radius 2 is 1.08 bits per heavy atom. The SMILES string of the molecule is C=C/C=C(/c1ccc(N(c2ccc(N(C)c3ccc4c5cccc6cccc(c7cccc3c74)c65)cc2)c2ccc3ccccc3c2)cc1)C1CC1. The molecule has 1 fully saturated rings. The first-order valence-electron chi connectivity index (χ1n) is 18.3. The highest BCUT2D eigenvalue weighted by atomic mass is 15.1. The molecule has 9 aromatic carbocycles. The minimum Gasteiger partial charge on any atom is -0.344 e. The number of benzene rings is 9. The maximum absolute atomic E-state index is 3.98. The van der Waals surface area contributed by atoms with Gasteiger partial charge in [0.05, 0.1) is 0 Å². The third kappa shape index (κ3) is 4.94. The monoisotopic (exact) mass is 666 g/mol. The van der Waals surface area contributed by atoms with Crippen molar-refractivity contribution in [1.29, 1.82) is 0 Å². The van der Waals surface area contributed by atoms with Crippen LogP contribution in [0, 0.1) is 5.92 Å². The molecule has 9 aromatic rings. The molecular weight excluding hydrogens is 629 g/mol. The van der Waals surface area contributed by atoms with Gasteiger partial charge in [-0.05, 0) is 133 Å². The van der Waals surface area contributed by atoms with Crippen LogP contribution in [0.4, 0.5) is 28.4 Å². The van der Waals surface area contributed by atoms with Crippen LogP contribution in [0.15, 0.2) is 176 Å². The maximum Gasteiger partial charge on any atom is 0.0488 e. The highest BCUT2D eigenvalue weighted by Gasteiger charge is 2.26. The minimum atomic E-state index is 0.651. The highest BCUT2D eigenvalue weighted by molar-refractivity contribution is 6.34. The second-order valence-corrected chi connectivity index (χ2v) is 14.2. The smallest absolute Gasteiger partial charge is 0.0488 e. The quantitative estimate of drug-likeness (QED) is 0.0905. The summed E-state index contributed by atoms with van der Waals surface area (Å²) in [6.07, 6.45) is 6.63. The molecule has 2 heteroatoms. The van der Waals surface area contributed by atoms with Crippen LogP contribution < -0.4 is 9.80 Å². The number of hydrogen-bond acceptors (Lipinski definition) is 2. The Morgan fingerprint density at radius 3 is 1.77 bits per heavy atom. The fraction of sp³-hybridized carbons (Fsp3) is 0.0800. The lowest BCUT2D eigenvalue weighted by Gasteiger charge is -2.28. The predicted molar refractivity (Wildman–Crippen MR) is 225 cm³/mol. The summed E-state index contributed by atoms with van der Waals surface area (Å²) in [5.41, 5.74) is 8.39. The number of anilines is 5. The van der Waals surface area contributed by atoms with E-state index in [-0.39, 0.29) is 0 Å². The Morgan fingerprint density at radius 1 is 0.519 bits per heavy atom. The summed E-state index contributed by atoms with van der Waals surface area (Å²) >= 11 is 0. The van der Waals surface area contributed by atoms with Crippen molar-refractivity contribution in [3.05, 3.63) is 182 Å². The first-order chi connectivity index (χ1) is 25.7. The molecule has 0 heterocycles. The van der Waals surface area contributed by atoms with Crippen molar-refractivity contribution >= 4 is 87.9 Å². The summed E-state index contributed by atoms with van der Waals surface area (Å²) in [5, 5.41) is 13.0. The number of nitrogens with zero attached hydrogens (tertiary/aromatic N) is 2. The topological polar surface area (TPSA) is 6.48 Å². The van der Waals surface area contributed by atoms with E-state index in [4.69, 9.17) is 0 Å². The molecule has 10 rings (SSSR count). The molecule has 0 spiro atoms. The summed E-state index contributed by atoms with van der Waals surface area (Å²) in [4.78, 5) is 4.70. The zero-order valence-electron chi connectivity index (χ0n) is 29.3. The molecule has 0 N–H and O–H groups in total. The number of fused-ring (bicyclic) bond motifs is 3. The van der Waals surface area contributed by atoms with Crippen LogP contribution in [-0.4, -0.2) is 7.05 Å². The van der Waals surface area contributed by atoms with Gasteiger partial charge in [-0.15, -0.1) is 0 Å². The summed E-state index contributed by atoms with van der Waals surface area (Å²) in [6, 6.07) is 58.2. The Hall–Kier alpha value is -6.38. The molecule has 1 aliphatic rings. The Kier molecular flexibility index (Phi) is 7.11. The van der Waals surface area contributed by atoms with Crippen LogP contribution in [0.5, 0.6) is 0 Å². The average Bonchev–Trinajstić information content (AvgIpc) is 4.05. The maximum atomic E-state index is 3.98. The lowest BCUT2D eigenvalue weighted by molar-refractivity contribution is 1.14. The Balaban J connectivity index is 1.06. The molecule has 0 saturated heterocycles. The van der Waals surface area contributed by atoms with E-state index < -0.39 is 0 Å². The molecular formula is C50H38N2. The van der Waals surface area contributed by atoms with E-state index in [9.17, 15) is 0 Å². The normalized spacial score (nSPS) is 13.4. The van der Waals surface area contributed by atoms with Crippen LogP contribution in [0.1, 0.15) is 18.4 Å². The van der Waals surface area contributed by atoms with Crippen molar-refractivity contribution < 1.29 is 0 Å². The van der Waals surface area contributed by atoms with E-state index in [0.29, 0.717) is 5.92 Å². The van der Waals surface area contributed by atoms with Crippen molar-refractivity contribution in [2.24, 2.45) is 5.92 Å². The van der Waals surface area contributed by atoms with Gasteiger partial charge in [0, 0.05) is 40.9 Å². The van der Waals surface area contributed by atoms with E-state index >= 15 is 0 Å². The first kappa shape index (κ1) is 30.4. The molecule has 0 aliphatic heterocycles. The third-order valence-corrected chi connectivity index (χ3v) is 11.1. The number of rotatable bonds is 8. The van der Waals surface area contributed by atoms with Crippen LogP contribution in [-0.2, 0) is 0 Å². The standard InChI is InChI=1S/C50H38N2/c1-3-9-42(34-18-19-34)35-21-23-39(24-22-35)52(41-25-20-33-10-4-5-11-37(33)32-41)40-28-26-38(27-29-40)51(2)48-31-30-46-44-15-7-13-36-12-6-14-43(49(36)44)45-16-8-17-47(48)50(45)46/h3-17,20-32,34H,1,18-19H2,2H3/b42-9+. The summed E-state index contributed by atoms with van der Waals surface area (Å²) in [7, 11) is 2.19. The second kappa shape index (κ2) is 12.1. The minimum absolute atomic E-state index is 0.651. The Bertz CT molecular complexity index is 2770. The lowest BCUT2D eigenvalue weighted by Crippen LogP contribution is -2.12. The molecule has 2 nitrogen and oxygen atoms in total. The second-order valence-electron chi connectivity index (χ2n) is 14.2. The zero-order chi connectivity index (χ0) is 34.8. The van der Waals surface area contributed by atoms with E-state index in [1.807, 2.05) is 6.08 Å². The third-order valence-electron chi connectivity index (χ3n) is 11.1. The van der Waals surface area contributed by atoms with Gasteiger partial charge >= 0.3 is 0 Å². The van der Waals surface area contributed by atoms with Gasteiger partial charge in [0.15, 0.2) is 0 Å². The van der Waals surface area contributed by atoms with Gasteiger partial charge < -0.3 is 9.80 Å². The summed E-state index contributed by atoms with van der Waals surface area (Å²) in [6.45, 7) is 3.98. The van der Waals surface area contributed by atoms with Crippen LogP contribution in [0.2, 0.25) is 0 Å². The first-order valence-corrected chi connectivity index (χ1v) is 18.3. The molecule has 0 unspecified atom stereocenters. The predicted octanol–water partition coefficient (Wildman–Crippen LogP) is 14.1. The van der Waals surface area contributed by atoms with Gasteiger partial charge in [-0.2, -0.15) is 0 Å². The zero-order valence-corrected chi connectivity index (χ0v) is 29.3. The number of allylic oxidation sites excluding steroid dienone is 3. The van der Waals surface area contributed by atoms with E-state index in [2.05, 4.69) is 187 Å². The lowest BCUT2D eigenvalue weighted by atomic mass is 9.89. The van der Waals surface area contributed by atoms with Gasteiger partial charge in [-0.1, -0.05) is 122 Å². The molecule has 52 heavy (non-hydrogen) atoms. The fourth-order valence-electron chi connectivity index (χ4n) is 8.44. The molecule has 0 atom stereocenters. The Labute approximate surface area is 304 Å². The van der Waals surface area contributed by atoms with Gasteiger partial charge in [0.25, 0.3) is 0 Å². The summed E-state index contributed by atoms with van der Waals surface area (Å²) in [5.74, 6) is 0.651. The van der Waals surface area contributed by atoms with Gasteiger partial charge in [0.2, 0.25) is 0 Å². The number of hydrogen-bond donors (Lipinski definition) is 0. The molecule has 1 aliphatic carbocycles. The average molecular weight is 667 g/mol. The van der Waals surface area contributed by atoms with Gasteiger partial charge in [-0.3, -0.25) is 0 Å². The van der Waals surface area contributed by atoms with E-state index in [0.717, 1.165) is 22.7 Å². The van der Waals surface area contributed by atoms with Crippen molar-refractivity contribution in [1.82, 2.24) is 0 Å². The molecule has 0 aromatic heterocycles. The largest absolute Gasteiger partial charge is 0.344 e. The molecule has 248 valence electrons. The fourth-order valence-corrected chi connectivity index (χ4v) is 8.44. The van der Waals surface area contributed by atoms with Gasteiger partial charge in [-0.25, -0.2) is 0 Å². The van der Waals surface area contributed by atoms with E-state index in [1.165, 1.54) is 83.5 Å². The van der Waals surface area contributed by atoms with Crippen molar-refractivity contribution in [2.45, 2.75) is 12.8 Å². The van der Waals surface area contributed by atoms with Gasteiger partial charge in [0.1, 0.15) is 0 Å². The van der Waals surface area contributed by atoms with Crippen molar-refractivity contribution in [3.8, 4) is 0 Å². The molecule has 1 saturated carbocycles. The van der Waals surface area contributed by atoms with E-state index in [1.54, 1.807) is 0 Å². The summed E-state index contributed by atoms with van der Waals surface area (Å²) < 4.78 is 0. The molecule has 0 bridgehead atoms. The van der Waals surface area contributed by atoms with Crippen molar-refractivity contribution in [2.75, 3.05) is 16.8 Å².